The summed E-state index contributed by atoms with van der Waals surface area (Å²) in [5, 5.41) is 4.29. The molecule has 1 amide bonds. The fourth-order valence-electron chi connectivity index (χ4n) is 2.31. The number of carbonyl (C=O) groups is 1. The Labute approximate surface area is 128 Å². The van der Waals surface area contributed by atoms with Crippen LogP contribution in [0.1, 0.15) is 21.7 Å². The minimum atomic E-state index is -0.638. The lowest BCUT2D eigenvalue weighted by atomic mass is 10.1. The lowest BCUT2D eigenvalue weighted by Crippen LogP contribution is -2.13. The molecule has 0 aliphatic rings. The number of nitrogens with two attached hydrogens (primary N) is 1. The number of nitrogens with zero attached hydrogens (tertiary/aromatic N) is 3. The van der Waals surface area contributed by atoms with Crippen molar-refractivity contribution in [1.82, 2.24) is 14.8 Å². The fourth-order valence-corrected chi connectivity index (χ4v) is 2.31. The molecule has 0 aliphatic heterocycles. The highest BCUT2D eigenvalue weighted by molar-refractivity contribution is 5.89. The van der Waals surface area contributed by atoms with Crippen molar-refractivity contribution >= 4 is 5.91 Å². The van der Waals surface area contributed by atoms with E-state index in [0.29, 0.717) is 5.82 Å². The highest BCUT2D eigenvalue weighted by atomic mass is 16.1. The van der Waals surface area contributed by atoms with E-state index < -0.39 is 5.91 Å². The van der Waals surface area contributed by atoms with Gasteiger partial charge in [-0.3, -0.25) is 4.79 Å². The minimum Gasteiger partial charge on any atom is -0.363 e. The third-order valence-corrected chi connectivity index (χ3v) is 3.45. The van der Waals surface area contributed by atoms with Crippen LogP contribution in [-0.2, 0) is 0 Å². The molecule has 0 atom stereocenters. The third kappa shape index (κ3) is 2.48. The first-order chi connectivity index (χ1) is 10.6. The van der Waals surface area contributed by atoms with Gasteiger partial charge in [-0.15, -0.1) is 5.10 Å². The Bertz CT molecular complexity index is 837. The summed E-state index contributed by atoms with van der Waals surface area (Å²) in [6, 6.07) is 15.7. The molecule has 0 radical (unpaired) electrons. The first kappa shape index (κ1) is 14.0. The van der Waals surface area contributed by atoms with Gasteiger partial charge >= 0.3 is 0 Å². The summed E-state index contributed by atoms with van der Waals surface area (Å²) in [6.45, 7) is 4.01. The Kier molecular flexibility index (Phi) is 3.47. The van der Waals surface area contributed by atoms with Crippen molar-refractivity contribution in [2.45, 2.75) is 13.8 Å². The predicted molar refractivity (Wildman–Crippen MR) is 84.8 cm³/mol. The molecule has 1 aromatic heterocycles. The molecule has 0 fully saturated rings. The summed E-state index contributed by atoms with van der Waals surface area (Å²) in [7, 11) is 0. The van der Waals surface area contributed by atoms with Crippen molar-refractivity contribution in [3.8, 4) is 17.1 Å². The van der Waals surface area contributed by atoms with E-state index >= 15 is 0 Å². The zero-order chi connectivity index (χ0) is 15.7. The standard InChI is InChI=1S/C17H16N4O/c1-11-8-9-12(2)14(10-11)21-17(13-6-4-3-5-7-13)19-16(20-21)15(18)22/h3-10H,1-2H3,(H2,18,22). The van der Waals surface area contributed by atoms with Crippen molar-refractivity contribution in [2.75, 3.05) is 0 Å². The highest BCUT2D eigenvalue weighted by Crippen LogP contribution is 2.23. The molecule has 5 heteroatoms. The van der Waals surface area contributed by atoms with Crippen molar-refractivity contribution in [1.29, 1.82) is 0 Å². The lowest BCUT2D eigenvalue weighted by Gasteiger charge is -2.10. The largest absolute Gasteiger partial charge is 0.363 e. The van der Waals surface area contributed by atoms with Crippen LogP contribution < -0.4 is 5.73 Å². The molecule has 0 saturated heterocycles. The first-order valence-electron chi connectivity index (χ1n) is 6.96. The number of hydrogen-bond donors (Lipinski definition) is 1. The van der Waals surface area contributed by atoms with Gasteiger partial charge in [0, 0.05) is 5.56 Å². The van der Waals surface area contributed by atoms with Gasteiger partial charge in [0.25, 0.3) is 5.91 Å². The third-order valence-electron chi connectivity index (χ3n) is 3.45. The van der Waals surface area contributed by atoms with E-state index in [0.717, 1.165) is 22.4 Å². The van der Waals surface area contributed by atoms with Crippen LogP contribution in [0.4, 0.5) is 0 Å². The summed E-state index contributed by atoms with van der Waals surface area (Å²) < 4.78 is 1.68. The van der Waals surface area contributed by atoms with Gasteiger partial charge in [-0.1, -0.05) is 42.5 Å². The van der Waals surface area contributed by atoms with E-state index in [1.807, 2.05) is 62.4 Å². The van der Waals surface area contributed by atoms with Crippen molar-refractivity contribution in [3.05, 3.63) is 65.5 Å². The quantitative estimate of drug-likeness (QED) is 0.806. The Morgan fingerprint density at radius 1 is 1.09 bits per heavy atom. The first-order valence-corrected chi connectivity index (χ1v) is 6.96. The molecule has 0 aliphatic carbocycles. The van der Waals surface area contributed by atoms with Gasteiger partial charge in [0.1, 0.15) is 0 Å². The van der Waals surface area contributed by atoms with Crippen LogP contribution >= 0.6 is 0 Å². The number of benzene rings is 2. The Balaban J connectivity index is 2.26. The second kappa shape index (κ2) is 5.44. The zero-order valence-electron chi connectivity index (χ0n) is 12.4. The number of carbonyl (C=O) groups excluding carboxylic acids is 1. The fraction of sp³-hybridized carbons (Fsp3) is 0.118. The number of primary amides is 1. The number of aryl methyl sites for hydroxylation is 2. The molecular formula is C17H16N4O. The summed E-state index contributed by atoms with van der Waals surface area (Å²) in [6.07, 6.45) is 0. The predicted octanol–water partition coefficient (Wildman–Crippen LogP) is 2.65. The molecule has 0 bridgehead atoms. The summed E-state index contributed by atoms with van der Waals surface area (Å²) in [5.41, 5.74) is 9.26. The summed E-state index contributed by atoms with van der Waals surface area (Å²) in [5.74, 6) is -0.0240. The normalized spacial score (nSPS) is 10.6. The van der Waals surface area contributed by atoms with Crippen molar-refractivity contribution < 1.29 is 4.79 Å². The van der Waals surface area contributed by atoms with Crippen LogP contribution in [0.3, 0.4) is 0 Å². The number of hydrogen-bond acceptors (Lipinski definition) is 3. The average molecular weight is 292 g/mol. The SMILES string of the molecule is Cc1ccc(C)c(-n2nc(C(N)=O)nc2-c2ccccc2)c1. The van der Waals surface area contributed by atoms with Gasteiger partial charge in [-0.25, -0.2) is 9.67 Å². The Morgan fingerprint density at radius 3 is 2.50 bits per heavy atom. The average Bonchev–Trinajstić information content (AvgIpc) is 2.96. The smallest absolute Gasteiger partial charge is 0.288 e. The molecule has 3 rings (SSSR count). The van der Waals surface area contributed by atoms with E-state index in [-0.39, 0.29) is 5.82 Å². The summed E-state index contributed by atoms with van der Waals surface area (Å²) >= 11 is 0. The second-order valence-electron chi connectivity index (χ2n) is 5.19. The molecule has 110 valence electrons. The van der Waals surface area contributed by atoms with Gasteiger partial charge in [0.2, 0.25) is 5.82 Å². The molecule has 5 nitrogen and oxygen atoms in total. The van der Waals surface area contributed by atoms with Crippen LogP contribution in [0.5, 0.6) is 0 Å². The van der Waals surface area contributed by atoms with E-state index in [9.17, 15) is 4.79 Å². The van der Waals surface area contributed by atoms with Gasteiger partial charge in [-0.2, -0.15) is 0 Å². The van der Waals surface area contributed by atoms with E-state index in [2.05, 4.69) is 10.1 Å². The highest BCUT2D eigenvalue weighted by Gasteiger charge is 2.17. The van der Waals surface area contributed by atoms with Crippen molar-refractivity contribution in [2.24, 2.45) is 5.73 Å². The van der Waals surface area contributed by atoms with Gasteiger partial charge < -0.3 is 5.73 Å². The summed E-state index contributed by atoms with van der Waals surface area (Å²) in [4.78, 5) is 15.8. The van der Waals surface area contributed by atoms with E-state index in [1.165, 1.54) is 0 Å². The monoisotopic (exact) mass is 292 g/mol. The molecule has 1 heterocycles. The second-order valence-corrected chi connectivity index (χ2v) is 5.19. The Morgan fingerprint density at radius 2 is 1.82 bits per heavy atom. The number of amides is 1. The van der Waals surface area contributed by atoms with E-state index in [1.54, 1.807) is 4.68 Å². The van der Waals surface area contributed by atoms with Crippen molar-refractivity contribution in [3.63, 3.8) is 0 Å². The maximum absolute atomic E-state index is 11.5. The molecule has 3 aromatic rings. The molecule has 0 spiro atoms. The van der Waals surface area contributed by atoms with Gasteiger partial charge in [-0.05, 0) is 31.0 Å². The molecular weight excluding hydrogens is 276 g/mol. The van der Waals surface area contributed by atoms with Gasteiger partial charge in [0.05, 0.1) is 5.69 Å². The molecule has 0 saturated carbocycles. The topological polar surface area (TPSA) is 73.8 Å². The molecule has 2 aromatic carbocycles. The van der Waals surface area contributed by atoms with Crippen LogP contribution in [-0.4, -0.2) is 20.7 Å². The molecule has 2 N–H and O–H groups in total. The molecule has 0 unspecified atom stereocenters. The van der Waals surface area contributed by atoms with Crippen LogP contribution in [0, 0.1) is 13.8 Å². The minimum absolute atomic E-state index is 0.0137. The number of aromatic nitrogens is 3. The Hall–Kier alpha value is -2.95. The lowest BCUT2D eigenvalue weighted by molar-refractivity contribution is 0.0990. The zero-order valence-corrected chi connectivity index (χ0v) is 12.4. The van der Waals surface area contributed by atoms with Crippen LogP contribution in [0.15, 0.2) is 48.5 Å². The van der Waals surface area contributed by atoms with Crippen LogP contribution in [0.2, 0.25) is 0 Å². The molecule has 22 heavy (non-hydrogen) atoms. The van der Waals surface area contributed by atoms with Gasteiger partial charge in [0.15, 0.2) is 5.82 Å². The van der Waals surface area contributed by atoms with E-state index in [4.69, 9.17) is 5.73 Å². The van der Waals surface area contributed by atoms with Crippen LogP contribution in [0.25, 0.3) is 17.1 Å². The maximum Gasteiger partial charge on any atom is 0.288 e. The number of rotatable bonds is 3. The maximum atomic E-state index is 11.5.